The summed E-state index contributed by atoms with van der Waals surface area (Å²) < 4.78 is 42.7. The molecular formula is C17H29NaO7S. The maximum Gasteiger partial charge on any atom is 1.00 e. The summed E-state index contributed by atoms with van der Waals surface area (Å²) in [5.74, 6) is -2.18. The quantitative estimate of drug-likeness (QED) is 0.133. The van der Waals surface area contributed by atoms with Crippen LogP contribution in [-0.2, 0) is 29.2 Å². The van der Waals surface area contributed by atoms with Gasteiger partial charge in [0.2, 0.25) is 0 Å². The third kappa shape index (κ3) is 14.7. The molecule has 0 rings (SSSR count). The summed E-state index contributed by atoms with van der Waals surface area (Å²) >= 11 is 0. The van der Waals surface area contributed by atoms with Crippen LogP contribution in [0.25, 0.3) is 0 Å². The normalized spacial score (nSPS) is 12.4. The zero-order valence-corrected chi connectivity index (χ0v) is 18.9. The number of esters is 2. The molecule has 0 spiro atoms. The maximum atomic E-state index is 11.6. The molecule has 0 aliphatic carbocycles. The van der Waals surface area contributed by atoms with Crippen LogP contribution in [-0.4, -0.2) is 36.8 Å². The van der Waals surface area contributed by atoms with E-state index in [0.717, 1.165) is 25.5 Å². The molecule has 0 aliphatic heterocycles. The van der Waals surface area contributed by atoms with Gasteiger partial charge in [-0.1, -0.05) is 57.9 Å². The molecule has 7 nitrogen and oxygen atoms in total. The molecular weight excluding hydrogens is 371 g/mol. The Bertz CT molecular complexity index is 517. The number of unbranched alkanes of at least 4 members (excludes halogenated alkanes) is 7. The molecule has 0 radical (unpaired) electrons. The van der Waals surface area contributed by atoms with Crippen molar-refractivity contribution in [1.82, 2.24) is 0 Å². The van der Waals surface area contributed by atoms with Crippen molar-refractivity contribution in [3.63, 3.8) is 0 Å². The van der Waals surface area contributed by atoms with Crippen LogP contribution in [0, 0.1) is 0 Å². The van der Waals surface area contributed by atoms with Crippen LogP contribution in [0.15, 0.2) is 12.3 Å². The standard InChI is InChI=1S/C17H30O7S.Na/c1-3-5-6-7-8-9-10-11-13-23-16(18)14-15(25(20,21)22)17(19)24-12-4-2;/h4,12,15H,3,5-11,13-14H2,1-2H3,(H,20,21,22);/q;+1/p-1/b12-4+;. The maximum absolute atomic E-state index is 11.6. The van der Waals surface area contributed by atoms with E-state index in [4.69, 9.17) is 4.74 Å². The number of hydrogen-bond donors (Lipinski definition) is 0. The van der Waals surface area contributed by atoms with E-state index in [0.29, 0.717) is 6.42 Å². The van der Waals surface area contributed by atoms with Crippen molar-refractivity contribution in [3.05, 3.63) is 12.3 Å². The van der Waals surface area contributed by atoms with Crippen molar-refractivity contribution in [3.8, 4) is 0 Å². The molecule has 1 unspecified atom stereocenters. The van der Waals surface area contributed by atoms with Gasteiger partial charge in [-0.05, 0) is 13.3 Å². The predicted molar refractivity (Wildman–Crippen MR) is 92.6 cm³/mol. The van der Waals surface area contributed by atoms with E-state index in [1.165, 1.54) is 31.8 Å². The molecule has 1 atom stereocenters. The van der Waals surface area contributed by atoms with Gasteiger partial charge in [-0.3, -0.25) is 9.59 Å². The minimum absolute atomic E-state index is 0. The second-order valence-electron chi connectivity index (χ2n) is 5.79. The van der Waals surface area contributed by atoms with Crippen LogP contribution < -0.4 is 29.6 Å². The topological polar surface area (TPSA) is 110 Å². The Morgan fingerprint density at radius 1 is 1.04 bits per heavy atom. The summed E-state index contributed by atoms with van der Waals surface area (Å²) in [6.45, 7) is 3.85. The molecule has 0 aliphatic rings. The Labute approximate surface area is 178 Å². The van der Waals surface area contributed by atoms with E-state index >= 15 is 0 Å². The Morgan fingerprint density at radius 3 is 2.08 bits per heavy atom. The summed E-state index contributed by atoms with van der Waals surface area (Å²) in [6.07, 6.45) is 10.1. The van der Waals surface area contributed by atoms with Crippen molar-refractivity contribution in [2.75, 3.05) is 6.61 Å². The number of carbonyl (C=O) groups is 2. The molecule has 9 heteroatoms. The first-order valence-corrected chi connectivity index (χ1v) is 10.2. The van der Waals surface area contributed by atoms with Gasteiger partial charge in [0.25, 0.3) is 0 Å². The first kappa shape index (κ1) is 27.8. The van der Waals surface area contributed by atoms with Gasteiger partial charge in [0.15, 0.2) is 5.25 Å². The predicted octanol–water partition coefficient (Wildman–Crippen LogP) is 0.0550. The summed E-state index contributed by atoms with van der Waals surface area (Å²) in [7, 11) is -5.00. The van der Waals surface area contributed by atoms with Crippen molar-refractivity contribution in [2.24, 2.45) is 0 Å². The fraction of sp³-hybridized carbons (Fsp3) is 0.765. The molecule has 0 saturated heterocycles. The van der Waals surface area contributed by atoms with Gasteiger partial charge in [-0.2, -0.15) is 0 Å². The molecule has 0 amide bonds. The molecule has 0 aromatic carbocycles. The van der Waals surface area contributed by atoms with E-state index in [9.17, 15) is 22.6 Å². The van der Waals surface area contributed by atoms with Gasteiger partial charge < -0.3 is 14.0 Å². The van der Waals surface area contributed by atoms with Crippen molar-refractivity contribution < 1.29 is 61.6 Å². The molecule has 0 aromatic rings. The SMILES string of the molecule is C/C=C/OC(=O)C(CC(=O)OCCCCCCCCCC)S(=O)(=O)[O-].[Na+]. The Morgan fingerprint density at radius 2 is 1.58 bits per heavy atom. The Balaban J connectivity index is 0. The van der Waals surface area contributed by atoms with Gasteiger partial charge in [-0.15, -0.1) is 0 Å². The van der Waals surface area contributed by atoms with Crippen LogP contribution >= 0.6 is 0 Å². The van der Waals surface area contributed by atoms with E-state index in [1.54, 1.807) is 6.92 Å². The van der Waals surface area contributed by atoms with Crippen LogP contribution in [0.3, 0.4) is 0 Å². The average molecular weight is 400 g/mol. The Hall–Kier alpha value is -0.410. The molecule has 0 N–H and O–H groups in total. The first-order chi connectivity index (χ1) is 11.8. The van der Waals surface area contributed by atoms with Crippen LogP contribution in [0.4, 0.5) is 0 Å². The van der Waals surface area contributed by atoms with Gasteiger partial charge >= 0.3 is 41.5 Å². The molecule has 0 aromatic heterocycles. The second-order valence-corrected chi connectivity index (χ2v) is 7.34. The molecule has 0 bridgehead atoms. The smallest absolute Gasteiger partial charge is 0.747 e. The molecule has 0 heterocycles. The zero-order valence-electron chi connectivity index (χ0n) is 16.1. The molecule has 0 fully saturated rings. The monoisotopic (exact) mass is 400 g/mol. The van der Waals surface area contributed by atoms with Gasteiger partial charge in [0, 0.05) is 0 Å². The first-order valence-electron chi connectivity index (χ1n) is 8.74. The van der Waals surface area contributed by atoms with E-state index in [-0.39, 0.29) is 36.2 Å². The van der Waals surface area contributed by atoms with Crippen molar-refractivity contribution in [2.45, 2.75) is 76.9 Å². The molecule has 146 valence electrons. The molecule has 26 heavy (non-hydrogen) atoms. The average Bonchev–Trinajstić information content (AvgIpc) is 2.55. The third-order valence-electron chi connectivity index (χ3n) is 3.54. The number of allylic oxidation sites excluding steroid dienone is 1. The fourth-order valence-corrected chi connectivity index (χ4v) is 2.78. The van der Waals surface area contributed by atoms with Crippen LogP contribution in [0.5, 0.6) is 0 Å². The zero-order chi connectivity index (χ0) is 19.1. The number of carbonyl (C=O) groups excluding carboxylic acids is 2. The van der Waals surface area contributed by atoms with E-state index in [1.807, 2.05) is 0 Å². The third-order valence-corrected chi connectivity index (χ3v) is 4.60. The number of hydrogen-bond acceptors (Lipinski definition) is 7. The summed E-state index contributed by atoms with van der Waals surface area (Å²) in [6, 6.07) is 0. The summed E-state index contributed by atoms with van der Waals surface area (Å²) in [5, 5.41) is -2.09. The number of ether oxygens (including phenoxy) is 2. The minimum atomic E-state index is -5.00. The molecule has 0 saturated carbocycles. The fourth-order valence-electron chi connectivity index (χ4n) is 2.15. The van der Waals surface area contributed by atoms with Gasteiger partial charge in [-0.25, -0.2) is 8.42 Å². The summed E-state index contributed by atoms with van der Waals surface area (Å²) in [4.78, 5) is 23.2. The largest absolute Gasteiger partial charge is 1.00 e. The van der Waals surface area contributed by atoms with Crippen LogP contribution in [0.1, 0.15) is 71.6 Å². The minimum Gasteiger partial charge on any atom is -0.747 e. The number of rotatable bonds is 14. The van der Waals surface area contributed by atoms with Crippen LogP contribution in [0.2, 0.25) is 0 Å². The van der Waals surface area contributed by atoms with E-state index < -0.39 is 33.7 Å². The van der Waals surface area contributed by atoms with Gasteiger partial charge in [0.1, 0.15) is 10.1 Å². The van der Waals surface area contributed by atoms with Gasteiger partial charge in [0.05, 0.1) is 19.3 Å². The van der Waals surface area contributed by atoms with E-state index in [2.05, 4.69) is 11.7 Å². The Kier molecular flexibility index (Phi) is 17.9. The van der Waals surface area contributed by atoms with Crippen molar-refractivity contribution in [1.29, 1.82) is 0 Å². The van der Waals surface area contributed by atoms with Crippen molar-refractivity contribution >= 4 is 22.1 Å². The summed E-state index contributed by atoms with van der Waals surface area (Å²) in [5.41, 5.74) is 0. The second kappa shape index (κ2) is 16.7.